The van der Waals surface area contributed by atoms with Gasteiger partial charge in [0.1, 0.15) is 5.75 Å². The summed E-state index contributed by atoms with van der Waals surface area (Å²) < 4.78 is 5.52. The van der Waals surface area contributed by atoms with Gasteiger partial charge in [-0.2, -0.15) is 0 Å². The van der Waals surface area contributed by atoms with Gasteiger partial charge in [-0.05, 0) is 25.2 Å². The van der Waals surface area contributed by atoms with Crippen LogP contribution in [0, 0.1) is 0 Å². The van der Waals surface area contributed by atoms with Gasteiger partial charge < -0.3 is 4.43 Å². The van der Waals surface area contributed by atoms with Gasteiger partial charge in [-0.15, -0.1) is 0 Å². The lowest BCUT2D eigenvalue weighted by atomic mass is 10.3. The molecule has 1 rings (SSSR count). The molecule has 53 valence electrons. The van der Waals surface area contributed by atoms with Crippen LogP contribution in [0.5, 0.6) is 5.75 Å². The quantitative estimate of drug-likeness (QED) is 0.589. The Morgan fingerprint density at radius 2 is 1.70 bits per heavy atom. The molecule has 10 heavy (non-hydrogen) atoms. The molecule has 0 aliphatic rings. The first-order chi connectivity index (χ1) is 4.79. The summed E-state index contributed by atoms with van der Waals surface area (Å²) in [4.78, 5) is 0. The van der Waals surface area contributed by atoms with E-state index in [0.29, 0.717) is 0 Å². The van der Waals surface area contributed by atoms with Crippen LogP contribution < -0.4 is 4.43 Å². The van der Waals surface area contributed by atoms with E-state index in [1.807, 2.05) is 30.3 Å². The molecule has 0 aromatic heterocycles. The lowest BCUT2D eigenvalue weighted by Gasteiger charge is -2.06. The summed E-state index contributed by atoms with van der Waals surface area (Å²) >= 11 is 0. The molecule has 0 bridgehead atoms. The highest BCUT2D eigenvalue weighted by Crippen LogP contribution is 2.08. The maximum absolute atomic E-state index is 5.52. The van der Waals surface area contributed by atoms with Crippen molar-refractivity contribution in [1.82, 2.24) is 0 Å². The largest absolute Gasteiger partial charge is 0.543 e. The van der Waals surface area contributed by atoms with Crippen molar-refractivity contribution in [3.05, 3.63) is 30.3 Å². The van der Waals surface area contributed by atoms with Crippen molar-refractivity contribution < 1.29 is 4.43 Å². The molecule has 0 amide bonds. The minimum absolute atomic E-state index is 0.587. The Hall–Kier alpha value is -0.763. The van der Waals surface area contributed by atoms with Gasteiger partial charge in [0.25, 0.3) is 9.04 Å². The Kier molecular flexibility index (Phi) is 2.51. The highest BCUT2D eigenvalue weighted by atomic mass is 28.3. The molecule has 0 unspecified atom stereocenters. The molecule has 0 aliphatic heterocycles. The topological polar surface area (TPSA) is 9.23 Å². The van der Waals surface area contributed by atoms with Crippen molar-refractivity contribution in [2.24, 2.45) is 0 Å². The summed E-state index contributed by atoms with van der Waals surface area (Å²) in [5.41, 5.74) is 0. The highest BCUT2D eigenvalue weighted by Gasteiger charge is 1.96. The smallest absolute Gasteiger partial charge is 0.274 e. The van der Waals surface area contributed by atoms with Crippen molar-refractivity contribution in [3.63, 3.8) is 0 Å². The molecule has 0 fully saturated rings. The molecule has 1 radical (unpaired) electrons. The SMILES string of the molecule is C[Si](C)Oc1ccccc1. The Morgan fingerprint density at radius 1 is 1.10 bits per heavy atom. The first-order valence-electron chi connectivity index (χ1n) is 3.32. The van der Waals surface area contributed by atoms with Crippen LogP contribution in [-0.4, -0.2) is 9.04 Å². The molecule has 0 saturated carbocycles. The fraction of sp³-hybridized carbons (Fsp3) is 0.250. The molecular formula is C8H11OSi. The second-order valence-electron chi connectivity index (χ2n) is 2.32. The summed E-state index contributed by atoms with van der Waals surface area (Å²) in [6.45, 7) is 4.25. The van der Waals surface area contributed by atoms with Crippen molar-refractivity contribution >= 4 is 9.04 Å². The molecule has 2 heteroatoms. The zero-order valence-electron chi connectivity index (χ0n) is 6.29. The summed E-state index contributed by atoms with van der Waals surface area (Å²) in [6.07, 6.45) is 0. The Bertz CT molecular complexity index is 184. The molecule has 1 aromatic rings. The van der Waals surface area contributed by atoms with Gasteiger partial charge >= 0.3 is 0 Å². The van der Waals surface area contributed by atoms with Crippen LogP contribution in [0.1, 0.15) is 0 Å². The summed E-state index contributed by atoms with van der Waals surface area (Å²) in [7, 11) is -0.587. The van der Waals surface area contributed by atoms with Gasteiger partial charge in [0, 0.05) is 0 Å². The van der Waals surface area contributed by atoms with Crippen LogP contribution in [0.25, 0.3) is 0 Å². The van der Waals surface area contributed by atoms with Crippen LogP contribution in [0.3, 0.4) is 0 Å². The number of hydrogen-bond donors (Lipinski definition) is 0. The monoisotopic (exact) mass is 151 g/mol. The molecule has 0 saturated heterocycles. The van der Waals surface area contributed by atoms with E-state index in [1.54, 1.807) is 0 Å². The van der Waals surface area contributed by atoms with E-state index < -0.39 is 9.04 Å². The molecule has 0 heterocycles. The third-order valence-corrected chi connectivity index (χ3v) is 1.71. The van der Waals surface area contributed by atoms with Gasteiger partial charge in [0.2, 0.25) is 0 Å². The second kappa shape index (κ2) is 3.42. The van der Waals surface area contributed by atoms with E-state index in [2.05, 4.69) is 13.1 Å². The van der Waals surface area contributed by atoms with Crippen LogP contribution in [-0.2, 0) is 0 Å². The lowest BCUT2D eigenvalue weighted by molar-refractivity contribution is 0.581. The second-order valence-corrected chi connectivity index (χ2v) is 4.34. The standard InChI is InChI=1S/C8H11OSi/c1-10(2)9-8-6-4-3-5-7-8/h3-7H,1-2H3. The third kappa shape index (κ3) is 2.23. The molecule has 0 N–H and O–H groups in total. The predicted molar refractivity (Wildman–Crippen MR) is 44.6 cm³/mol. The Morgan fingerprint density at radius 3 is 2.20 bits per heavy atom. The van der Waals surface area contributed by atoms with E-state index in [1.165, 1.54) is 0 Å². The summed E-state index contributed by atoms with van der Waals surface area (Å²) in [5, 5.41) is 0. The van der Waals surface area contributed by atoms with Crippen LogP contribution >= 0.6 is 0 Å². The van der Waals surface area contributed by atoms with Gasteiger partial charge in [0.05, 0.1) is 0 Å². The van der Waals surface area contributed by atoms with Crippen molar-refractivity contribution in [2.45, 2.75) is 13.1 Å². The van der Waals surface area contributed by atoms with Crippen LogP contribution in [0.4, 0.5) is 0 Å². The zero-order chi connectivity index (χ0) is 7.40. The lowest BCUT2D eigenvalue weighted by Crippen LogP contribution is -2.10. The molecule has 0 atom stereocenters. The van der Waals surface area contributed by atoms with E-state index >= 15 is 0 Å². The molecule has 0 spiro atoms. The fourth-order valence-electron chi connectivity index (χ4n) is 0.724. The van der Waals surface area contributed by atoms with Gasteiger partial charge in [-0.25, -0.2) is 0 Å². The normalized spacial score (nSPS) is 9.90. The molecular weight excluding hydrogens is 140 g/mol. The van der Waals surface area contributed by atoms with Gasteiger partial charge in [-0.1, -0.05) is 18.2 Å². The number of hydrogen-bond acceptors (Lipinski definition) is 1. The number of benzene rings is 1. The third-order valence-electron chi connectivity index (χ3n) is 1.07. The van der Waals surface area contributed by atoms with Crippen molar-refractivity contribution in [2.75, 3.05) is 0 Å². The van der Waals surface area contributed by atoms with Crippen LogP contribution in [0.15, 0.2) is 30.3 Å². The maximum Gasteiger partial charge on any atom is 0.274 e. The number of para-hydroxylation sites is 1. The minimum atomic E-state index is -0.587. The molecule has 0 aliphatic carbocycles. The average molecular weight is 151 g/mol. The Labute approximate surface area is 63.4 Å². The number of rotatable bonds is 2. The van der Waals surface area contributed by atoms with Crippen LogP contribution in [0.2, 0.25) is 13.1 Å². The van der Waals surface area contributed by atoms with E-state index in [-0.39, 0.29) is 0 Å². The van der Waals surface area contributed by atoms with E-state index in [4.69, 9.17) is 4.43 Å². The average Bonchev–Trinajstić information content (AvgIpc) is 1.88. The molecule has 1 aromatic carbocycles. The van der Waals surface area contributed by atoms with Gasteiger partial charge in [-0.3, -0.25) is 0 Å². The van der Waals surface area contributed by atoms with Crippen molar-refractivity contribution in [3.8, 4) is 5.75 Å². The minimum Gasteiger partial charge on any atom is -0.543 e. The molecule has 1 nitrogen and oxygen atoms in total. The van der Waals surface area contributed by atoms with E-state index in [0.717, 1.165) is 5.75 Å². The van der Waals surface area contributed by atoms with Crippen molar-refractivity contribution in [1.29, 1.82) is 0 Å². The fourth-order valence-corrected chi connectivity index (χ4v) is 1.33. The van der Waals surface area contributed by atoms with Gasteiger partial charge in [0.15, 0.2) is 0 Å². The Balaban J connectivity index is 2.59. The summed E-state index contributed by atoms with van der Waals surface area (Å²) in [6, 6.07) is 9.93. The zero-order valence-corrected chi connectivity index (χ0v) is 7.29. The highest BCUT2D eigenvalue weighted by molar-refractivity contribution is 6.49. The maximum atomic E-state index is 5.52. The summed E-state index contributed by atoms with van der Waals surface area (Å²) in [5.74, 6) is 0.987. The first-order valence-corrected chi connectivity index (χ1v) is 5.73. The predicted octanol–water partition coefficient (Wildman–Crippen LogP) is 2.32. The first kappa shape index (κ1) is 7.35. The van der Waals surface area contributed by atoms with E-state index in [9.17, 15) is 0 Å².